The van der Waals surface area contributed by atoms with Crippen LogP contribution in [0.2, 0.25) is 0 Å². The Balaban J connectivity index is 2.63. The predicted molar refractivity (Wildman–Crippen MR) is 52.6 cm³/mol. The molecule has 1 unspecified atom stereocenters. The number of nitrogens with two attached hydrogens (primary N) is 1. The number of ether oxygens (including phenoxy) is 1. The molecule has 1 aromatic heterocycles. The largest absolute Gasteiger partial charge is 0.469 e. The minimum absolute atomic E-state index is 0.229. The Hall–Kier alpha value is -0.870. The molecule has 0 bridgehead atoms. The summed E-state index contributed by atoms with van der Waals surface area (Å²) in [6.07, 6.45) is 0.248. The maximum atomic E-state index is 10.9. The van der Waals surface area contributed by atoms with Crippen molar-refractivity contribution in [3.8, 4) is 0 Å². The third-order valence-corrected chi connectivity index (χ3v) is 3.00. The Kier molecular flexibility index (Phi) is 3.45. The highest BCUT2D eigenvalue weighted by Gasteiger charge is 2.14. The van der Waals surface area contributed by atoms with Gasteiger partial charge in [-0.05, 0) is 23.9 Å². The molecule has 1 aromatic rings. The zero-order chi connectivity index (χ0) is 9.84. The van der Waals surface area contributed by atoms with E-state index >= 15 is 0 Å². The first kappa shape index (κ1) is 10.2. The van der Waals surface area contributed by atoms with Gasteiger partial charge in [-0.1, -0.05) is 0 Å². The lowest BCUT2D eigenvalue weighted by molar-refractivity contribution is -0.141. The van der Waals surface area contributed by atoms with E-state index in [1.165, 1.54) is 7.11 Å². The third-order valence-electron chi connectivity index (χ3n) is 1.85. The molecule has 1 atom stereocenters. The van der Waals surface area contributed by atoms with E-state index in [2.05, 4.69) is 4.74 Å². The minimum atomic E-state index is -0.264. The first-order chi connectivity index (χ1) is 6.15. The summed E-state index contributed by atoms with van der Waals surface area (Å²) in [5, 5.41) is 1.97. The molecule has 0 saturated carbocycles. The maximum Gasteiger partial charge on any atom is 0.307 e. The van der Waals surface area contributed by atoms with Crippen LogP contribution in [0, 0.1) is 6.92 Å². The smallest absolute Gasteiger partial charge is 0.307 e. The number of carbonyl (C=O) groups is 1. The molecule has 0 radical (unpaired) electrons. The summed E-state index contributed by atoms with van der Waals surface area (Å²) in [5.41, 5.74) is 6.97. The van der Waals surface area contributed by atoms with Crippen LogP contribution in [0.3, 0.4) is 0 Å². The second kappa shape index (κ2) is 4.39. The fourth-order valence-corrected chi connectivity index (χ4v) is 2.05. The van der Waals surface area contributed by atoms with Crippen LogP contribution in [0.25, 0.3) is 0 Å². The number of rotatable bonds is 3. The van der Waals surface area contributed by atoms with Crippen LogP contribution in [0.5, 0.6) is 0 Å². The molecule has 4 heteroatoms. The van der Waals surface area contributed by atoms with Gasteiger partial charge in [-0.3, -0.25) is 4.79 Å². The summed E-state index contributed by atoms with van der Waals surface area (Å²) < 4.78 is 4.54. The van der Waals surface area contributed by atoms with Crippen LogP contribution in [0.4, 0.5) is 0 Å². The van der Waals surface area contributed by atoms with Crippen molar-refractivity contribution in [3.63, 3.8) is 0 Å². The Morgan fingerprint density at radius 3 is 2.92 bits per heavy atom. The SMILES string of the molecule is COC(=O)CC(N)c1sccc1C. The van der Waals surface area contributed by atoms with Crippen molar-refractivity contribution in [3.05, 3.63) is 21.9 Å². The number of hydrogen-bond donors (Lipinski definition) is 1. The van der Waals surface area contributed by atoms with Gasteiger partial charge in [0.1, 0.15) is 0 Å². The molecule has 0 fully saturated rings. The molecule has 0 amide bonds. The van der Waals surface area contributed by atoms with Gasteiger partial charge >= 0.3 is 5.97 Å². The van der Waals surface area contributed by atoms with Gasteiger partial charge in [-0.15, -0.1) is 11.3 Å². The van der Waals surface area contributed by atoms with Gasteiger partial charge in [-0.2, -0.15) is 0 Å². The number of thiophene rings is 1. The third kappa shape index (κ3) is 2.54. The van der Waals surface area contributed by atoms with Crippen molar-refractivity contribution in [2.24, 2.45) is 5.73 Å². The van der Waals surface area contributed by atoms with Gasteiger partial charge in [0, 0.05) is 10.9 Å². The lowest BCUT2D eigenvalue weighted by Gasteiger charge is -2.08. The van der Waals surface area contributed by atoms with E-state index in [0.29, 0.717) is 0 Å². The van der Waals surface area contributed by atoms with Crippen molar-refractivity contribution in [1.29, 1.82) is 0 Å². The minimum Gasteiger partial charge on any atom is -0.469 e. The summed E-state index contributed by atoms with van der Waals surface area (Å²) >= 11 is 1.58. The molecule has 1 heterocycles. The maximum absolute atomic E-state index is 10.9. The van der Waals surface area contributed by atoms with Crippen molar-refractivity contribution in [2.75, 3.05) is 7.11 Å². The van der Waals surface area contributed by atoms with Crippen LogP contribution >= 0.6 is 11.3 Å². The molecule has 3 nitrogen and oxygen atoms in total. The molecule has 72 valence electrons. The molecular weight excluding hydrogens is 186 g/mol. The Morgan fingerprint density at radius 1 is 1.77 bits per heavy atom. The number of carbonyl (C=O) groups excluding carboxylic acids is 1. The van der Waals surface area contributed by atoms with E-state index in [4.69, 9.17) is 5.73 Å². The highest BCUT2D eigenvalue weighted by Crippen LogP contribution is 2.24. The fourth-order valence-electron chi connectivity index (χ4n) is 1.12. The molecule has 0 aromatic carbocycles. The zero-order valence-electron chi connectivity index (χ0n) is 7.74. The van der Waals surface area contributed by atoms with Crippen LogP contribution < -0.4 is 5.73 Å². The van der Waals surface area contributed by atoms with Crippen molar-refractivity contribution in [1.82, 2.24) is 0 Å². The van der Waals surface area contributed by atoms with E-state index in [1.807, 2.05) is 18.4 Å². The zero-order valence-corrected chi connectivity index (χ0v) is 8.56. The second-order valence-electron chi connectivity index (χ2n) is 2.85. The molecular formula is C9H13NO2S. The van der Waals surface area contributed by atoms with Gasteiger partial charge in [0.05, 0.1) is 13.5 Å². The Morgan fingerprint density at radius 2 is 2.46 bits per heavy atom. The van der Waals surface area contributed by atoms with E-state index in [9.17, 15) is 4.79 Å². The summed E-state index contributed by atoms with van der Waals surface area (Å²) in [7, 11) is 1.37. The number of methoxy groups -OCH3 is 1. The first-order valence-corrected chi connectivity index (χ1v) is 4.89. The predicted octanol–water partition coefficient (Wildman–Crippen LogP) is 1.62. The van der Waals surface area contributed by atoms with Crippen molar-refractivity contribution < 1.29 is 9.53 Å². The standard InChI is InChI=1S/C9H13NO2S/c1-6-3-4-13-9(6)7(10)5-8(11)12-2/h3-4,7H,5,10H2,1-2H3. The number of aryl methyl sites for hydroxylation is 1. The van der Waals surface area contributed by atoms with E-state index < -0.39 is 0 Å². The summed E-state index contributed by atoms with van der Waals surface area (Å²) in [6.45, 7) is 1.99. The topological polar surface area (TPSA) is 52.3 Å². The van der Waals surface area contributed by atoms with E-state index in [1.54, 1.807) is 11.3 Å². The van der Waals surface area contributed by atoms with E-state index in [0.717, 1.165) is 10.4 Å². The first-order valence-electron chi connectivity index (χ1n) is 4.01. The Labute approximate surface area is 81.5 Å². The van der Waals surface area contributed by atoms with E-state index in [-0.39, 0.29) is 18.4 Å². The van der Waals surface area contributed by atoms with Crippen LogP contribution in [-0.4, -0.2) is 13.1 Å². The van der Waals surface area contributed by atoms with Gasteiger partial charge in [0.25, 0.3) is 0 Å². The average Bonchev–Trinajstić information content (AvgIpc) is 2.51. The number of hydrogen-bond acceptors (Lipinski definition) is 4. The molecule has 0 aliphatic rings. The van der Waals surface area contributed by atoms with Gasteiger partial charge in [0.15, 0.2) is 0 Å². The van der Waals surface area contributed by atoms with Crippen LogP contribution in [0.15, 0.2) is 11.4 Å². The van der Waals surface area contributed by atoms with Gasteiger partial charge in [0.2, 0.25) is 0 Å². The lowest BCUT2D eigenvalue weighted by Crippen LogP contribution is -2.15. The lowest BCUT2D eigenvalue weighted by atomic mass is 10.1. The van der Waals surface area contributed by atoms with Crippen LogP contribution in [-0.2, 0) is 9.53 Å². The van der Waals surface area contributed by atoms with Gasteiger partial charge < -0.3 is 10.5 Å². The summed E-state index contributed by atoms with van der Waals surface area (Å²) in [4.78, 5) is 12.0. The van der Waals surface area contributed by atoms with Crippen molar-refractivity contribution in [2.45, 2.75) is 19.4 Å². The highest BCUT2D eigenvalue weighted by atomic mass is 32.1. The van der Waals surface area contributed by atoms with Crippen molar-refractivity contribution >= 4 is 17.3 Å². The summed E-state index contributed by atoms with van der Waals surface area (Å²) in [5.74, 6) is -0.264. The fraction of sp³-hybridized carbons (Fsp3) is 0.444. The monoisotopic (exact) mass is 199 g/mol. The molecule has 13 heavy (non-hydrogen) atoms. The number of esters is 1. The molecule has 0 aliphatic heterocycles. The molecule has 2 N–H and O–H groups in total. The molecule has 1 rings (SSSR count). The highest BCUT2D eigenvalue weighted by molar-refractivity contribution is 7.10. The summed E-state index contributed by atoms with van der Waals surface area (Å²) in [6, 6.07) is 1.77. The Bertz CT molecular complexity index is 296. The van der Waals surface area contributed by atoms with Gasteiger partial charge in [-0.25, -0.2) is 0 Å². The molecule has 0 saturated heterocycles. The molecule has 0 spiro atoms. The van der Waals surface area contributed by atoms with Crippen LogP contribution in [0.1, 0.15) is 22.9 Å². The normalized spacial score (nSPS) is 12.5. The molecule has 0 aliphatic carbocycles. The average molecular weight is 199 g/mol. The second-order valence-corrected chi connectivity index (χ2v) is 3.80. The quantitative estimate of drug-likeness (QED) is 0.752.